The molecule has 20 heavy (non-hydrogen) atoms. The van der Waals surface area contributed by atoms with Crippen LogP contribution in [0.1, 0.15) is 6.92 Å². The van der Waals surface area contributed by atoms with Crippen LogP contribution in [0.2, 0.25) is 0 Å². The molecule has 0 saturated carbocycles. The summed E-state index contributed by atoms with van der Waals surface area (Å²) in [6.45, 7) is 1.85. The highest BCUT2D eigenvalue weighted by molar-refractivity contribution is 7.89. The van der Waals surface area contributed by atoms with Gasteiger partial charge in [0, 0.05) is 18.7 Å². The second kappa shape index (κ2) is 6.83. The number of benzene rings is 1. The molecule has 1 amide bonds. The molecule has 1 rings (SSSR count). The van der Waals surface area contributed by atoms with Crippen molar-refractivity contribution in [3.05, 3.63) is 36.4 Å². The van der Waals surface area contributed by atoms with E-state index in [2.05, 4.69) is 10.0 Å². The van der Waals surface area contributed by atoms with E-state index in [1.54, 1.807) is 13.0 Å². The average Bonchev–Trinajstić information content (AvgIpc) is 2.37. The Bertz CT molecular complexity index is 637. The van der Waals surface area contributed by atoms with Gasteiger partial charge in [0.1, 0.15) is 4.90 Å². The molecule has 7 nitrogen and oxygen atoms in total. The number of carbonyl (C=O) groups is 2. The first kappa shape index (κ1) is 15.9. The number of anilines is 1. The van der Waals surface area contributed by atoms with E-state index in [0.717, 1.165) is 6.08 Å². The number of aliphatic carboxylic acids is 1. The molecule has 0 aliphatic heterocycles. The maximum absolute atomic E-state index is 11.9. The lowest BCUT2D eigenvalue weighted by molar-refractivity contribution is -0.131. The highest BCUT2D eigenvalue weighted by Crippen LogP contribution is 2.20. The lowest BCUT2D eigenvalue weighted by Crippen LogP contribution is -2.24. The lowest BCUT2D eigenvalue weighted by atomic mass is 10.3. The SMILES string of the molecule is CCNS(=O)(=O)c1ccccc1NC(=O)/C=C/C(=O)O. The zero-order valence-electron chi connectivity index (χ0n) is 10.7. The minimum absolute atomic E-state index is 0.0773. The minimum Gasteiger partial charge on any atom is -0.478 e. The molecule has 8 heteroatoms. The molecule has 1 aromatic rings. The van der Waals surface area contributed by atoms with Gasteiger partial charge in [-0.25, -0.2) is 17.9 Å². The number of rotatable bonds is 6. The van der Waals surface area contributed by atoms with E-state index in [0.29, 0.717) is 6.08 Å². The summed E-state index contributed by atoms with van der Waals surface area (Å²) in [7, 11) is -3.72. The smallest absolute Gasteiger partial charge is 0.328 e. The summed E-state index contributed by atoms with van der Waals surface area (Å²) >= 11 is 0. The number of amides is 1. The van der Waals surface area contributed by atoms with Gasteiger partial charge in [-0.3, -0.25) is 4.79 Å². The average molecular weight is 298 g/mol. The van der Waals surface area contributed by atoms with Gasteiger partial charge in [0.05, 0.1) is 5.69 Å². The van der Waals surface area contributed by atoms with E-state index in [1.165, 1.54) is 18.2 Å². The van der Waals surface area contributed by atoms with Crippen molar-refractivity contribution in [2.45, 2.75) is 11.8 Å². The van der Waals surface area contributed by atoms with Gasteiger partial charge in [-0.15, -0.1) is 0 Å². The van der Waals surface area contributed by atoms with E-state index in [9.17, 15) is 18.0 Å². The molecule has 0 aliphatic rings. The molecule has 0 heterocycles. The number of sulfonamides is 1. The fourth-order valence-electron chi connectivity index (χ4n) is 1.39. The van der Waals surface area contributed by atoms with Crippen LogP contribution in [0.15, 0.2) is 41.3 Å². The van der Waals surface area contributed by atoms with E-state index in [4.69, 9.17) is 5.11 Å². The van der Waals surface area contributed by atoms with Gasteiger partial charge in [0.25, 0.3) is 0 Å². The fraction of sp³-hybridized carbons (Fsp3) is 0.167. The van der Waals surface area contributed by atoms with E-state index in [-0.39, 0.29) is 17.1 Å². The van der Waals surface area contributed by atoms with Crippen LogP contribution in [0.3, 0.4) is 0 Å². The van der Waals surface area contributed by atoms with E-state index >= 15 is 0 Å². The van der Waals surface area contributed by atoms with Crippen LogP contribution in [-0.2, 0) is 19.6 Å². The standard InChI is InChI=1S/C12H14N2O5S/c1-2-13-20(18,19)10-6-4-3-5-9(10)14-11(15)7-8-12(16)17/h3-8,13H,2H2,1H3,(H,14,15)(H,16,17)/b8-7+. The molecule has 0 aromatic heterocycles. The number of carbonyl (C=O) groups excluding carboxylic acids is 1. The van der Waals surface area contributed by atoms with Crippen LogP contribution in [-0.4, -0.2) is 31.9 Å². The molecular weight excluding hydrogens is 284 g/mol. The van der Waals surface area contributed by atoms with Crippen molar-refractivity contribution in [1.29, 1.82) is 0 Å². The minimum atomic E-state index is -3.72. The highest BCUT2D eigenvalue weighted by atomic mass is 32.2. The van der Waals surface area contributed by atoms with Gasteiger partial charge in [0.2, 0.25) is 15.9 Å². The number of para-hydroxylation sites is 1. The quantitative estimate of drug-likeness (QED) is 0.664. The van der Waals surface area contributed by atoms with Crippen LogP contribution < -0.4 is 10.0 Å². The Morgan fingerprint density at radius 3 is 2.50 bits per heavy atom. The van der Waals surface area contributed by atoms with Crippen LogP contribution in [0.4, 0.5) is 5.69 Å². The third-order valence-electron chi connectivity index (χ3n) is 2.15. The molecule has 0 spiro atoms. The molecule has 0 fully saturated rings. The third-order valence-corrected chi connectivity index (χ3v) is 3.75. The molecule has 0 radical (unpaired) electrons. The summed E-state index contributed by atoms with van der Waals surface area (Å²) in [5.74, 6) is -2.00. The fourth-order valence-corrected chi connectivity index (χ4v) is 2.60. The van der Waals surface area contributed by atoms with Gasteiger partial charge in [0.15, 0.2) is 0 Å². The Kier molecular flexibility index (Phi) is 5.42. The van der Waals surface area contributed by atoms with Crippen molar-refractivity contribution < 1.29 is 23.1 Å². The van der Waals surface area contributed by atoms with Crippen molar-refractivity contribution in [3.63, 3.8) is 0 Å². The molecule has 0 aliphatic carbocycles. The topological polar surface area (TPSA) is 113 Å². The van der Waals surface area contributed by atoms with Crippen LogP contribution >= 0.6 is 0 Å². The van der Waals surface area contributed by atoms with E-state index < -0.39 is 21.9 Å². The number of hydrogen-bond donors (Lipinski definition) is 3. The summed E-state index contributed by atoms with van der Waals surface area (Å²) in [5.41, 5.74) is 0.0773. The first-order valence-electron chi connectivity index (χ1n) is 5.67. The van der Waals surface area contributed by atoms with Crippen LogP contribution in [0, 0.1) is 0 Å². The zero-order valence-corrected chi connectivity index (χ0v) is 11.5. The molecule has 0 saturated heterocycles. The van der Waals surface area contributed by atoms with Gasteiger partial charge in [-0.05, 0) is 12.1 Å². The normalized spacial score (nSPS) is 11.4. The van der Waals surface area contributed by atoms with Crippen molar-refractivity contribution in [2.24, 2.45) is 0 Å². The Labute approximate surface area is 116 Å². The molecule has 3 N–H and O–H groups in total. The Hall–Kier alpha value is -2.19. The highest BCUT2D eigenvalue weighted by Gasteiger charge is 2.17. The van der Waals surface area contributed by atoms with Gasteiger partial charge >= 0.3 is 5.97 Å². The maximum Gasteiger partial charge on any atom is 0.328 e. The number of carboxylic acid groups (broad SMARTS) is 1. The molecule has 0 unspecified atom stereocenters. The first-order valence-corrected chi connectivity index (χ1v) is 7.16. The van der Waals surface area contributed by atoms with Gasteiger partial charge < -0.3 is 10.4 Å². The van der Waals surface area contributed by atoms with Crippen molar-refractivity contribution >= 4 is 27.6 Å². The second-order valence-electron chi connectivity index (χ2n) is 3.66. The van der Waals surface area contributed by atoms with Gasteiger partial charge in [-0.1, -0.05) is 19.1 Å². The second-order valence-corrected chi connectivity index (χ2v) is 5.39. The van der Waals surface area contributed by atoms with Crippen LogP contribution in [0.5, 0.6) is 0 Å². The molecule has 108 valence electrons. The molecule has 0 bridgehead atoms. The molecule has 1 aromatic carbocycles. The van der Waals surface area contributed by atoms with Crippen molar-refractivity contribution in [3.8, 4) is 0 Å². The summed E-state index contributed by atoms with van der Waals surface area (Å²) < 4.78 is 26.2. The lowest BCUT2D eigenvalue weighted by Gasteiger charge is -2.10. The summed E-state index contributed by atoms with van der Waals surface area (Å²) in [5, 5.41) is 10.7. The zero-order chi connectivity index (χ0) is 15.2. The first-order chi connectivity index (χ1) is 9.36. The Morgan fingerprint density at radius 1 is 1.25 bits per heavy atom. The van der Waals surface area contributed by atoms with Crippen LogP contribution in [0.25, 0.3) is 0 Å². The Balaban J connectivity index is 3.03. The predicted octanol–water partition coefficient (Wildman–Crippen LogP) is 0.564. The monoisotopic (exact) mass is 298 g/mol. The summed E-state index contributed by atoms with van der Waals surface area (Å²) in [6.07, 6.45) is 1.47. The van der Waals surface area contributed by atoms with Gasteiger partial charge in [-0.2, -0.15) is 0 Å². The van der Waals surface area contributed by atoms with Crippen molar-refractivity contribution in [1.82, 2.24) is 4.72 Å². The number of carboxylic acids is 1. The van der Waals surface area contributed by atoms with E-state index in [1.807, 2.05) is 0 Å². The predicted molar refractivity (Wildman–Crippen MR) is 72.7 cm³/mol. The summed E-state index contributed by atoms with van der Waals surface area (Å²) in [6, 6.07) is 5.83. The van der Waals surface area contributed by atoms with Crippen molar-refractivity contribution in [2.75, 3.05) is 11.9 Å². The third kappa shape index (κ3) is 4.48. The number of nitrogens with one attached hydrogen (secondary N) is 2. The largest absolute Gasteiger partial charge is 0.478 e. The number of hydrogen-bond acceptors (Lipinski definition) is 4. The molecular formula is C12H14N2O5S. The maximum atomic E-state index is 11.9. The molecule has 0 atom stereocenters. The Morgan fingerprint density at radius 2 is 1.90 bits per heavy atom. The summed E-state index contributed by atoms with van der Waals surface area (Å²) in [4.78, 5) is 21.7.